The molecule has 0 aliphatic heterocycles. The van der Waals surface area contributed by atoms with E-state index in [2.05, 4.69) is 33.0 Å². The highest BCUT2D eigenvalue weighted by molar-refractivity contribution is 5.82. The summed E-state index contributed by atoms with van der Waals surface area (Å²) >= 11 is 0. The Balaban J connectivity index is 2.36. The summed E-state index contributed by atoms with van der Waals surface area (Å²) in [5.41, 5.74) is 0.169. The lowest BCUT2D eigenvalue weighted by Crippen LogP contribution is -2.39. The first kappa shape index (κ1) is 12.5. The van der Waals surface area contributed by atoms with Crippen LogP contribution in [-0.4, -0.2) is 23.7 Å². The molecule has 1 saturated carbocycles. The van der Waals surface area contributed by atoms with Crippen molar-refractivity contribution in [3.05, 3.63) is 0 Å². The van der Waals surface area contributed by atoms with Gasteiger partial charge in [-0.05, 0) is 24.2 Å². The molecule has 0 aromatic heterocycles. The van der Waals surface area contributed by atoms with Crippen molar-refractivity contribution in [3.8, 4) is 0 Å². The number of amides is 1. The van der Waals surface area contributed by atoms with E-state index in [1.807, 2.05) is 0 Å². The SMILES string of the molecule is CC(C)CC(CO)NC(=O)C1CC1(C)C. The Morgan fingerprint density at radius 1 is 1.53 bits per heavy atom. The van der Waals surface area contributed by atoms with Gasteiger partial charge in [0.1, 0.15) is 0 Å². The summed E-state index contributed by atoms with van der Waals surface area (Å²) in [4.78, 5) is 11.7. The lowest BCUT2D eigenvalue weighted by atomic mass is 10.0. The van der Waals surface area contributed by atoms with Crippen molar-refractivity contribution in [2.24, 2.45) is 17.3 Å². The minimum Gasteiger partial charge on any atom is -0.394 e. The summed E-state index contributed by atoms with van der Waals surface area (Å²) in [6.45, 7) is 8.43. The van der Waals surface area contributed by atoms with Gasteiger partial charge < -0.3 is 10.4 Å². The minimum atomic E-state index is -0.0751. The van der Waals surface area contributed by atoms with Gasteiger partial charge in [0, 0.05) is 5.92 Å². The summed E-state index contributed by atoms with van der Waals surface area (Å²) < 4.78 is 0. The second-order valence-electron chi connectivity index (χ2n) is 5.76. The number of nitrogens with one attached hydrogen (secondary N) is 1. The maximum Gasteiger partial charge on any atom is 0.223 e. The van der Waals surface area contributed by atoms with Crippen LogP contribution in [0.25, 0.3) is 0 Å². The fourth-order valence-corrected chi connectivity index (χ4v) is 1.96. The van der Waals surface area contributed by atoms with Crippen molar-refractivity contribution in [2.75, 3.05) is 6.61 Å². The fraction of sp³-hybridized carbons (Fsp3) is 0.917. The van der Waals surface area contributed by atoms with Crippen molar-refractivity contribution < 1.29 is 9.90 Å². The second kappa shape index (κ2) is 4.52. The Kier molecular flexibility index (Phi) is 3.77. The van der Waals surface area contributed by atoms with Crippen molar-refractivity contribution in [3.63, 3.8) is 0 Å². The Hall–Kier alpha value is -0.570. The molecule has 1 aliphatic carbocycles. The summed E-state index contributed by atoms with van der Waals surface area (Å²) in [6.07, 6.45) is 1.81. The zero-order valence-electron chi connectivity index (χ0n) is 10.2. The van der Waals surface area contributed by atoms with Gasteiger partial charge in [0.15, 0.2) is 0 Å². The fourth-order valence-electron chi connectivity index (χ4n) is 1.96. The van der Waals surface area contributed by atoms with Crippen LogP contribution in [0.2, 0.25) is 0 Å². The third kappa shape index (κ3) is 3.49. The topological polar surface area (TPSA) is 49.3 Å². The van der Waals surface area contributed by atoms with E-state index in [1.165, 1.54) is 0 Å². The largest absolute Gasteiger partial charge is 0.394 e. The Morgan fingerprint density at radius 3 is 2.40 bits per heavy atom. The molecule has 0 saturated heterocycles. The molecule has 2 atom stereocenters. The van der Waals surface area contributed by atoms with E-state index in [9.17, 15) is 4.79 Å². The van der Waals surface area contributed by atoms with Crippen LogP contribution >= 0.6 is 0 Å². The van der Waals surface area contributed by atoms with Gasteiger partial charge in [-0.3, -0.25) is 4.79 Å². The van der Waals surface area contributed by atoms with Gasteiger partial charge in [-0.1, -0.05) is 27.7 Å². The van der Waals surface area contributed by atoms with Crippen LogP contribution in [0.5, 0.6) is 0 Å². The quantitative estimate of drug-likeness (QED) is 0.728. The van der Waals surface area contributed by atoms with Gasteiger partial charge >= 0.3 is 0 Å². The monoisotopic (exact) mass is 213 g/mol. The Bertz CT molecular complexity index is 236. The molecule has 1 amide bonds. The third-order valence-corrected chi connectivity index (χ3v) is 3.15. The summed E-state index contributed by atoms with van der Waals surface area (Å²) in [5.74, 6) is 0.757. The van der Waals surface area contributed by atoms with Crippen molar-refractivity contribution in [2.45, 2.75) is 46.6 Å². The molecule has 0 radical (unpaired) electrons. The average molecular weight is 213 g/mol. The molecular formula is C12H23NO2. The number of carbonyl (C=O) groups is 1. The molecule has 1 fully saturated rings. The van der Waals surface area contributed by atoms with E-state index in [0.717, 1.165) is 12.8 Å². The van der Waals surface area contributed by atoms with Gasteiger partial charge in [-0.15, -0.1) is 0 Å². The lowest BCUT2D eigenvalue weighted by molar-refractivity contribution is -0.124. The molecule has 0 aromatic carbocycles. The van der Waals surface area contributed by atoms with Gasteiger partial charge in [-0.25, -0.2) is 0 Å². The van der Waals surface area contributed by atoms with Gasteiger partial charge in [0.05, 0.1) is 12.6 Å². The maximum absolute atomic E-state index is 11.7. The number of rotatable bonds is 5. The Labute approximate surface area is 92.3 Å². The summed E-state index contributed by atoms with van der Waals surface area (Å²) in [5, 5.41) is 12.1. The first-order valence-corrected chi connectivity index (χ1v) is 5.78. The summed E-state index contributed by atoms with van der Waals surface area (Å²) in [7, 11) is 0. The van der Waals surface area contributed by atoms with E-state index in [1.54, 1.807) is 0 Å². The molecule has 2 unspecified atom stereocenters. The number of hydrogen-bond donors (Lipinski definition) is 2. The van der Waals surface area contributed by atoms with Crippen LogP contribution < -0.4 is 5.32 Å². The molecule has 3 nitrogen and oxygen atoms in total. The van der Waals surface area contributed by atoms with Crippen molar-refractivity contribution in [1.29, 1.82) is 0 Å². The molecule has 1 rings (SSSR count). The van der Waals surface area contributed by atoms with Crippen molar-refractivity contribution >= 4 is 5.91 Å². The average Bonchev–Trinajstić information content (AvgIpc) is 2.73. The molecule has 0 spiro atoms. The van der Waals surface area contributed by atoms with Gasteiger partial charge in [-0.2, -0.15) is 0 Å². The first-order chi connectivity index (χ1) is 6.86. The molecule has 3 heteroatoms. The van der Waals surface area contributed by atoms with Crippen LogP contribution in [0.15, 0.2) is 0 Å². The predicted molar refractivity (Wildman–Crippen MR) is 60.4 cm³/mol. The number of aliphatic hydroxyl groups is 1. The van der Waals surface area contributed by atoms with Gasteiger partial charge in [0.2, 0.25) is 5.91 Å². The smallest absolute Gasteiger partial charge is 0.223 e. The Morgan fingerprint density at radius 2 is 2.07 bits per heavy atom. The first-order valence-electron chi connectivity index (χ1n) is 5.78. The highest BCUT2D eigenvalue weighted by Gasteiger charge is 2.50. The predicted octanol–water partition coefficient (Wildman–Crippen LogP) is 1.56. The highest BCUT2D eigenvalue weighted by Crippen LogP contribution is 2.51. The second-order valence-corrected chi connectivity index (χ2v) is 5.76. The van der Waals surface area contributed by atoms with E-state index in [-0.39, 0.29) is 29.9 Å². The minimum absolute atomic E-state index is 0.0388. The number of hydrogen-bond acceptors (Lipinski definition) is 2. The molecule has 15 heavy (non-hydrogen) atoms. The number of aliphatic hydroxyl groups excluding tert-OH is 1. The molecule has 0 heterocycles. The molecule has 0 bridgehead atoms. The standard InChI is InChI=1S/C12H23NO2/c1-8(2)5-9(7-14)13-11(15)10-6-12(10,3)4/h8-10,14H,5-7H2,1-4H3,(H,13,15). The molecule has 88 valence electrons. The molecular weight excluding hydrogens is 190 g/mol. The van der Waals surface area contributed by atoms with Crippen LogP contribution in [0.4, 0.5) is 0 Å². The maximum atomic E-state index is 11.7. The third-order valence-electron chi connectivity index (χ3n) is 3.15. The zero-order valence-corrected chi connectivity index (χ0v) is 10.2. The highest BCUT2D eigenvalue weighted by atomic mass is 16.3. The van der Waals surface area contributed by atoms with Crippen LogP contribution in [-0.2, 0) is 4.79 Å². The lowest BCUT2D eigenvalue weighted by Gasteiger charge is -2.18. The molecule has 1 aliphatic rings. The summed E-state index contributed by atoms with van der Waals surface area (Å²) in [6, 6.07) is -0.0751. The molecule has 2 N–H and O–H groups in total. The molecule has 0 aromatic rings. The normalized spacial score (nSPS) is 25.1. The van der Waals surface area contributed by atoms with Gasteiger partial charge in [0.25, 0.3) is 0 Å². The van der Waals surface area contributed by atoms with Crippen LogP contribution in [0.1, 0.15) is 40.5 Å². The van der Waals surface area contributed by atoms with E-state index >= 15 is 0 Å². The zero-order chi connectivity index (χ0) is 11.6. The van der Waals surface area contributed by atoms with E-state index in [4.69, 9.17) is 5.11 Å². The van der Waals surface area contributed by atoms with E-state index in [0.29, 0.717) is 5.92 Å². The number of carbonyl (C=O) groups excluding carboxylic acids is 1. The van der Waals surface area contributed by atoms with Crippen LogP contribution in [0.3, 0.4) is 0 Å². The van der Waals surface area contributed by atoms with E-state index < -0.39 is 0 Å². The van der Waals surface area contributed by atoms with Crippen molar-refractivity contribution in [1.82, 2.24) is 5.32 Å². The van der Waals surface area contributed by atoms with Crippen LogP contribution in [0, 0.1) is 17.3 Å².